The molecule has 2 aromatic rings. The van der Waals surface area contributed by atoms with E-state index < -0.39 is 24.0 Å². The first kappa shape index (κ1) is 18.6. The van der Waals surface area contributed by atoms with Crippen LogP contribution in [0.25, 0.3) is 0 Å². The van der Waals surface area contributed by atoms with Crippen LogP contribution in [0.5, 0.6) is 0 Å². The monoisotopic (exact) mass is 343 g/mol. The third kappa shape index (κ3) is 5.12. The van der Waals surface area contributed by atoms with Gasteiger partial charge in [0, 0.05) is 17.9 Å². The normalized spacial score (nSPS) is 13.0. The lowest BCUT2D eigenvalue weighted by atomic mass is 10.1. The van der Waals surface area contributed by atoms with Gasteiger partial charge < -0.3 is 26.6 Å². The van der Waals surface area contributed by atoms with Crippen LogP contribution < -0.4 is 16.4 Å². The van der Waals surface area contributed by atoms with Gasteiger partial charge in [0.15, 0.2) is 12.2 Å². The summed E-state index contributed by atoms with van der Waals surface area (Å²) < 4.78 is 0. The first-order chi connectivity index (χ1) is 11.9. The van der Waals surface area contributed by atoms with Crippen molar-refractivity contribution in [1.29, 1.82) is 0 Å². The van der Waals surface area contributed by atoms with E-state index in [0.29, 0.717) is 17.9 Å². The molecule has 0 radical (unpaired) electrons. The largest absolute Gasteiger partial charge is 0.380 e. The van der Waals surface area contributed by atoms with E-state index in [9.17, 15) is 19.8 Å². The minimum atomic E-state index is -1.90. The maximum absolute atomic E-state index is 12.0. The Morgan fingerprint density at radius 1 is 0.880 bits per heavy atom. The molecule has 0 saturated heterocycles. The number of nitrogens with two attached hydrogens (primary N) is 1. The summed E-state index contributed by atoms with van der Waals surface area (Å²) in [5.74, 6) is -1.75. The number of aliphatic hydroxyl groups excluding tert-OH is 2. The second kappa shape index (κ2) is 8.39. The van der Waals surface area contributed by atoms with Gasteiger partial charge in [0.25, 0.3) is 11.8 Å². The quantitative estimate of drug-likeness (QED) is 0.529. The van der Waals surface area contributed by atoms with Crippen LogP contribution >= 0.6 is 0 Å². The van der Waals surface area contributed by atoms with Crippen LogP contribution in [-0.2, 0) is 16.1 Å². The highest BCUT2D eigenvalue weighted by molar-refractivity contribution is 6.02. The van der Waals surface area contributed by atoms with Crippen molar-refractivity contribution < 1.29 is 19.8 Å². The van der Waals surface area contributed by atoms with Crippen LogP contribution in [0.15, 0.2) is 48.5 Å². The third-order valence-corrected chi connectivity index (χ3v) is 3.61. The van der Waals surface area contributed by atoms with E-state index in [1.54, 1.807) is 48.5 Å². The zero-order chi connectivity index (χ0) is 18.4. The van der Waals surface area contributed by atoms with Crippen molar-refractivity contribution in [1.82, 2.24) is 0 Å². The maximum Gasteiger partial charge on any atom is 0.256 e. The number of hydrogen-bond donors (Lipinski definition) is 5. The summed E-state index contributed by atoms with van der Waals surface area (Å²) in [6.45, 7) is 2.27. The van der Waals surface area contributed by atoms with Crippen molar-refractivity contribution in [3.05, 3.63) is 59.7 Å². The summed E-state index contributed by atoms with van der Waals surface area (Å²) in [6, 6.07) is 13.6. The van der Waals surface area contributed by atoms with Gasteiger partial charge in [-0.1, -0.05) is 29.8 Å². The summed E-state index contributed by atoms with van der Waals surface area (Å²) >= 11 is 0. The molecular formula is C18H21N3O4. The first-order valence-corrected chi connectivity index (χ1v) is 7.74. The Morgan fingerprint density at radius 3 is 1.68 bits per heavy atom. The van der Waals surface area contributed by atoms with E-state index in [4.69, 9.17) is 5.73 Å². The van der Waals surface area contributed by atoms with Crippen LogP contribution in [0.4, 0.5) is 11.4 Å². The Bertz CT molecular complexity index is 729. The lowest BCUT2D eigenvalue weighted by Crippen LogP contribution is -2.45. The average molecular weight is 343 g/mol. The number of benzene rings is 2. The molecule has 0 aromatic heterocycles. The number of hydrogen-bond acceptors (Lipinski definition) is 5. The van der Waals surface area contributed by atoms with Gasteiger partial charge in [-0.25, -0.2) is 0 Å². The Morgan fingerprint density at radius 2 is 1.28 bits per heavy atom. The van der Waals surface area contributed by atoms with Crippen molar-refractivity contribution in [2.45, 2.75) is 25.7 Å². The molecule has 7 heteroatoms. The molecule has 0 unspecified atom stereocenters. The molecule has 0 aliphatic carbocycles. The zero-order valence-corrected chi connectivity index (χ0v) is 13.8. The van der Waals surface area contributed by atoms with Gasteiger partial charge in [-0.2, -0.15) is 0 Å². The fraction of sp³-hybridized carbons (Fsp3) is 0.222. The van der Waals surface area contributed by atoms with E-state index in [1.807, 2.05) is 6.92 Å². The minimum absolute atomic E-state index is 0.370. The van der Waals surface area contributed by atoms with Crippen LogP contribution in [0.1, 0.15) is 11.1 Å². The molecule has 6 N–H and O–H groups in total. The molecule has 0 saturated carbocycles. The standard InChI is InChI=1S/C18H21N3O4/c1-11-2-6-13(7-3-11)20-17(24)15(22)16(23)18(25)21-14-8-4-12(10-19)5-9-14/h2-9,15-16,22-23H,10,19H2,1H3,(H,20,24)(H,21,25)/t15-,16-/m1/s1. The topological polar surface area (TPSA) is 125 Å². The van der Waals surface area contributed by atoms with Gasteiger partial charge in [-0.15, -0.1) is 0 Å². The van der Waals surface area contributed by atoms with Gasteiger partial charge in [0.2, 0.25) is 0 Å². The van der Waals surface area contributed by atoms with Gasteiger partial charge in [0.1, 0.15) is 0 Å². The Kier molecular flexibility index (Phi) is 6.24. The predicted octanol–water partition coefficient (Wildman–Crippen LogP) is 0.753. The van der Waals surface area contributed by atoms with Gasteiger partial charge >= 0.3 is 0 Å². The number of rotatable bonds is 6. The molecule has 0 fully saturated rings. The number of carbonyl (C=O) groups excluding carboxylic acids is 2. The van der Waals surface area contributed by atoms with E-state index in [2.05, 4.69) is 10.6 Å². The molecule has 2 aromatic carbocycles. The number of aryl methyl sites for hydroxylation is 1. The van der Waals surface area contributed by atoms with Gasteiger partial charge in [-0.3, -0.25) is 9.59 Å². The molecule has 2 atom stereocenters. The van der Waals surface area contributed by atoms with E-state index >= 15 is 0 Å². The second-order valence-corrected chi connectivity index (χ2v) is 5.64. The van der Waals surface area contributed by atoms with E-state index in [0.717, 1.165) is 11.1 Å². The molecule has 2 amide bonds. The highest BCUT2D eigenvalue weighted by Crippen LogP contribution is 2.12. The van der Waals surface area contributed by atoms with Crippen LogP contribution in [0.3, 0.4) is 0 Å². The summed E-state index contributed by atoms with van der Waals surface area (Å²) in [7, 11) is 0. The minimum Gasteiger partial charge on any atom is -0.380 e. The summed E-state index contributed by atoms with van der Waals surface area (Å²) in [5, 5.41) is 24.7. The van der Waals surface area contributed by atoms with E-state index in [-0.39, 0.29) is 0 Å². The number of amides is 2. The van der Waals surface area contributed by atoms with Crippen molar-refractivity contribution in [2.75, 3.05) is 10.6 Å². The molecule has 132 valence electrons. The van der Waals surface area contributed by atoms with Crippen LogP contribution in [0.2, 0.25) is 0 Å². The van der Waals surface area contributed by atoms with Crippen molar-refractivity contribution in [2.24, 2.45) is 5.73 Å². The first-order valence-electron chi connectivity index (χ1n) is 7.74. The Balaban J connectivity index is 1.94. The van der Waals surface area contributed by atoms with Crippen molar-refractivity contribution in [3.63, 3.8) is 0 Å². The molecule has 0 bridgehead atoms. The molecular weight excluding hydrogens is 322 g/mol. The Hall–Kier alpha value is -2.74. The Labute approximate surface area is 145 Å². The van der Waals surface area contributed by atoms with Gasteiger partial charge in [-0.05, 0) is 36.8 Å². The molecule has 2 rings (SSSR count). The molecule has 0 spiro atoms. The summed E-state index contributed by atoms with van der Waals surface area (Å²) in [5.41, 5.74) is 8.27. The number of carbonyl (C=O) groups is 2. The molecule has 0 heterocycles. The second-order valence-electron chi connectivity index (χ2n) is 5.64. The van der Waals surface area contributed by atoms with Gasteiger partial charge in [0.05, 0.1) is 0 Å². The lowest BCUT2D eigenvalue weighted by Gasteiger charge is -2.17. The predicted molar refractivity (Wildman–Crippen MR) is 94.8 cm³/mol. The SMILES string of the molecule is Cc1ccc(NC(=O)[C@H](O)[C@@H](O)C(=O)Nc2ccc(CN)cc2)cc1. The van der Waals surface area contributed by atoms with Crippen molar-refractivity contribution >= 4 is 23.2 Å². The molecule has 7 nitrogen and oxygen atoms in total. The maximum atomic E-state index is 12.0. The average Bonchev–Trinajstić information content (AvgIpc) is 2.62. The fourth-order valence-electron chi connectivity index (χ4n) is 2.08. The highest BCUT2D eigenvalue weighted by atomic mass is 16.3. The molecule has 25 heavy (non-hydrogen) atoms. The number of anilines is 2. The third-order valence-electron chi connectivity index (χ3n) is 3.61. The van der Waals surface area contributed by atoms with Crippen molar-refractivity contribution in [3.8, 4) is 0 Å². The lowest BCUT2D eigenvalue weighted by molar-refractivity contribution is -0.139. The number of aliphatic hydroxyl groups is 2. The van der Waals surface area contributed by atoms with E-state index in [1.165, 1.54) is 0 Å². The fourth-order valence-corrected chi connectivity index (χ4v) is 2.08. The highest BCUT2D eigenvalue weighted by Gasteiger charge is 2.30. The zero-order valence-electron chi connectivity index (χ0n) is 13.8. The summed E-state index contributed by atoms with van der Waals surface area (Å²) in [6.07, 6.45) is -3.80. The van der Waals surface area contributed by atoms with Crippen LogP contribution in [-0.4, -0.2) is 34.2 Å². The molecule has 0 aliphatic heterocycles. The molecule has 0 aliphatic rings. The summed E-state index contributed by atoms with van der Waals surface area (Å²) in [4.78, 5) is 23.9. The number of nitrogens with one attached hydrogen (secondary N) is 2. The van der Waals surface area contributed by atoms with Crippen LogP contribution in [0, 0.1) is 6.92 Å². The smallest absolute Gasteiger partial charge is 0.256 e.